The first-order chi connectivity index (χ1) is 9.25. The lowest BCUT2D eigenvalue weighted by atomic mass is 10.1. The zero-order chi connectivity index (χ0) is 13.2. The van der Waals surface area contributed by atoms with Crippen molar-refractivity contribution in [3.8, 4) is 0 Å². The number of benzene rings is 1. The molecule has 1 aliphatic carbocycles. The maximum Gasteiger partial charge on any atom is 0.210 e. The van der Waals surface area contributed by atoms with Crippen molar-refractivity contribution in [3.05, 3.63) is 35.6 Å². The number of ketones is 1. The summed E-state index contributed by atoms with van der Waals surface area (Å²) in [5.74, 6) is -0.614. The summed E-state index contributed by atoms with van der Waals surface area (Å²) >= 11 is 1.24. The van der Waals surface area contributed by atoms with Gasteiger partial charge >= 0.3 is 0 Å². The summed E-state index contributed by atoms with van der Waals surface area (Å²) in [6.45, 7) is 0. The number of hydrogen-bond donors (Lipinski definition) is 0. The maximum atomic E-state index is 13.4. The van der Waals surface area contributed by atoms with Gasteiger partial charge in [0.2, 0.25) is 5.16 Å². The molecule has 1 aliphatic rings. The van der Waals surface area contributed by atoms with Gasteiger partial charge in [-0.2, -0.15) is 0 Å². The monoisotopic (exact) mass is 278 g/mol. The molecule has 0 saturated heterocycles. The first-order valence-corrected chi connectivity index (χ1v) is 6.92. The highest BCUT2D eigenvalue weighted by molar-refractivity contribution is 7.99. The molecule has 0 unspecified atom stereocenters. The molecule has 3 rings (SSSR count). The average molecular weight is 278 g/mol. The Hall–Kier alpha value is -1.76. The second-order valence-corrected chi connectivity index (χ2v) is 5.27. The fraction of sp³-hybridized carbons (Fsp3) is 0.333. The molecule has 0 amide bonds. The summed E-state index contributed by atoms with van der Waals surface area (Å²) in [5, 5.41) is 12.0. The van der Waals surface area contributed by atoms with Gasteiger partial charge in [0.1, 0.15) is 5.82 Å². The molecule has 19 heavy (non-hydrogen) atoms. The van der Waals surface area contributed by atoms with E-state index >= 15 is 0 Å². The van der Waals surface area contributed by atoms with Crippen LogP contribution in [0.4, 0.5) is 4.39 Å². The third-order valence-corrected chi connectivity index (χ3v) is 3.80. The lowest BCUT2D eigenvalue weighted by molar-refractivity contribution is 0.101. The molecule has 0 aliphatic heterocycles. The number of nitrogens with zero attached hydrogens (tertiary/aromatic N) is 4. The Labute approximate surface area is 113 Å². The Kier molecular flexibility index (Phi) is 3.29. The van der Waals surface area contributed by atoms with Crippen LogP contribution < -0.4 is 0 Å². The first-order valence-electron chi connectivity index (χ1n) is 5.94. The van der Waals surface area contributed by atoms with Crippen molar-refractivity contribution < 1.29 is 9.18 Å². The normalized spacial score (nSPS) is 14.6. The zero-order valence-corrected chi connectivity index (χ0v) is 10.8. The quantitative estimate of drug-likeness (QED) is 0.619. The summed E-state index contributed by atoms with van der Waals surface area (Å²) in [4.78, 5) is 11.9. The number of rotatable bonds is 5. The predicted octanol–water partition coefficient (Wildman–Crippen LogP) is 2.12. The van der Waals surface area contributed by atoms with Crippen LogP contribution in [-0.2, 0) is 0 Å². The van der Waals surface area contributed by atoms with Crippen LogP contribution in [0, 0.1) is 5.82 Å². The minimum Gasteiger partial charge on any atom is -0.293 e. The largest absolute Gasteiger partial charge is 0.293 e. The van der Waals surface area contributed by atoms with Crippen LogP contribution in [0.25, 0.3) is 0 Å². The molecule has 0 radical (unpaired) electrons. The molecule has 5 nitrogen and oxygen atoms in total. The third kappa shape index (κ3) is 2.65. The standard InChI is InChI=1S/C12H11FN4OS/c13-10-4-2-1-3-9(10)11(18)7-19-12-14-15-16-17(12)8-5-6-8/h1-4,8H,5-7H2. The van der Waals surface area contributed by atoms with E-state index in [9.17, 15) is 9.18 Å². The number of aromatic nitrogens is 4. The molecule has 98 valence electrons. The van der Waals surface area contributed by atoms with Crippen molar-refractivity contribution in [1.82, 2.24) is 20.2 Å². The highest BCUT2D eigenvalue weighted by Gasteiger charge is 2.28. The van der Waals surface area contributed by atoms with E-state index in [4.69, 9.17) is 0 Å². The molecular formula is C12H11FN4OS. The van der Waals surface area contributed by atoms with Gasteiger partial charge in [0.15, 0.2) is 5.78 Å². The molecule has 1 aromatic carbocycles. The van der Waals surface area contributed by atoms with Gasteiger partial charge in [0.25, 0.3) is 0 Å². The van der Waals surface area contributed by atoms with Crippen LogP contribution >= 0.6 is 11.8 Å². The summed E-state index contributed by atoms with van der Waals surface area (Å²) in [7, 11) is 0. The van der Waals surface area contributed by atoms with E-state index in [1.807, 2.05) is 0 Å². The second kappa shape index (κ2) is 5.08. The first kappa shape index (κ1) is 12.3. The van der Waals surface area contributed by atoms with Gasteiger partial charge in [-0.25, -0.2) is 9.07 Å². The van der Waals surface area contributed by atoms with E-state index in [-0.39, 0.29) is 17.1 Å². The fourth-order valence-corrected chi connectivity index (χ4v) is 2.55. The van der Waals surface area contributed by atoms with Gasteiger partial charge < -0.3 is 0 Å². The molecule has 0 spiro atoms. The number of Topliss-reactive ketones (excluding diaryl/α,β-unsaturated/α-hetero) is 1. The lowest BCUT2D eigenvalue weighted by Crippen LogP contribution is -2.07. The maximum absolute atomic E-state index is 13.4. The summed E-state index contributed by atoms with van der Waals surface area (Å²) in [6, 6.07) is 6.34. The molecule has 0 N–H and O–H groups in total. The minimum atomic E-state index is -0.491. The molecule has 1 heterocycles. The zero-order valence-electron chi connectivity index (χ0n) is 9.99. The Balaban J connectivity index is 1.67. The van der Waals surface area contributed by atoms with Gasteiger partial charge in [-0.3, -0.25) is 4.79 Å². The molecule has 0 bridgehead atoms. The van der Waals surface area contributed by atoms with E-state index in [0.29, 0.717) is 11.2 Å². The smallest absolute Gasteiger partial charge is 0.210 e. The Morgan fingerprint density at radius 3 is 2.95 bits per heavy atom. The molecule has 0 atom stereocenters. The van der Waals surface area contributed by atoms with Crippen LogP contribution in [0.2, 0.25) is 0 Å². The van der Waals surface area contributed by atoms with Crippen molar-refractivity contribution in [2.75, 3.05) is 5.75 Å². The third-order valence-electron chi connectivity index (χ3n) is 2.86. The number of carbonyl (C=O) groups is 1. The minimum absolute atomic E-state index is 0.112. The Morgan fingerprint density at radius 1 is 1.42 bits per heavy atom. The van der Waals surface area contributed by atoms with E-state index < -0.39 is 5.82 Å². The average Bonchev–Trinajstić information content (AvgIpc) is 3.15. The van der Waals surface area contributed by atoms with Crippen molar-refractivity contribution >= 4 is 17.5 Å². The molecule has 1 fully saturated rings. The van der Waals surface area contributed by atoms with Crippen LogP contribution in [0.3, 0.4) is 0 Å². The van der Waals surface area contributed by atoms with Gasteiger partial charge in [0, 0.05) is 0 Å². The highest BCUT2D eigenvalue weighted by Crippen LogP contribution is 2.36. The van der Waals surface area contributed by atoms with Crippen molar-refractivity contribution in [3.63, 3.8) is 0 Å². The van der Waals surface area contributed by atoms with Crippen molar-refractivity contribution in [1.29, 1.82) is 0 Å². The Bertz CT molecular complexity index is 611. The van der Waals surface area contributed by atoms with Gasteiger partial charge in [-0.05, 0) is 35.4 Å². The molecule has 2 aromatic rings. The van der Waals surface area contributed by atoms with Crippen LogP contribution in [0.1, 0.15) is 29.2 Å². The van der Waals surface area contributed by atoms with E-state index in [0.717, 1.165) is 12.8 Å². The molecule has 1 aromatic heterocycles. The summed E-state index contributed by atoms with van der Waals surface area (Å²) < 4.78 is 15.2. The van der Waals surface area contributed by atoms with E-state index in [1.165, 1.54) is 23.9 Å². The van der Waals surface area contributed by atoms with Gasteiger partial charge in [0.05, 0.1) is 17.4 Å². The molecule has 1 saturated carbocycles. The highest BCUT2D eigenvalue weighted by atomic mass is 32.2. The van der Waals surface area contributed by atoms with Gasteiger partial charge in [-0.15, -0.1) is 5.10 Å². The van der Waals surface area contributed by atoms with Crippen LogP contribution in [0.5, 0.6) is 0 Å². The second-order valence-electron chi connectivity index (χ2n) is 4.33. The number of hydrogen-bond acceptors (Lipinski definition) is 5. The summed E-state index contributed by atoms with van der Waals surface area (Å²) in [5.41, 5.74) is 0.112. The van der Waals surface area contributed by atoms with Crippen molar-refractivity contribution in [2.24, 2.45) is 0 Å². The van der Waals surface area contributed by atoms with E-state index in [1.54, 1.807) is 16.8 Å². The van der Waals surface area contributed by atoms with Crippen molar-refractivity contribution in [2.45, 2.75) is 24.0 Å². The predicted molar refractivity (Wildman–Crippen MR) is 67.5 cm³/mol. The fourth-order valence-electron chi connectivity index (χ4n) is 1.72. The lowest BCUT2D eigenvalue weighted by Gasteiger charge is -2.03. The Morgan fingerprint density at radius 2 is 2.21 bits per heavy atom. The number of tetrazole rings is 1. The SMILES string of the molecule is O=C(CSc1nnnn1C1CC1)c1ccccc1F. The van der Waals surface area contributed by atoms with E-state index in [2.05, 4.69) is 15.5 Å². The van der Waals surface area contributed by atoms with Crippen LogP contribution in [0.15, 0.2) is 29.4 Å². The number of thioether (sulfide) groups is 1. The van der Waals surface area contributed by atoms with Gasteiger partial charge in [-0.1, -0.05) is 23.9 Å². The summed E-state index contributed by atoms with van der Waals surface area (Å²) in [6.07, 6.45) is 2.14. The molecule has 7 heteroatoms. The van der Waals surface area contributed by atoms with Crippen LogP contribution in [-0.4, -0.2) is 31.7 Å². The number of halogens is 1. The molecular weight excluding hydrogens is 267 g/mol. The topological polar surface area (TPSA) is 60.7 Å². The number of carbonyl (C=O) groups excluding carboxylic acids is 1.